The SMILES string of the molecule is Cc1ccc(C(=O)OC(C)C(=O)Nc2sc3c(c2C#N)CCCCC3)cc1F. The summed E-state index contributed by atoms with van der Waals surface area (Å²) >= 11 is 1.42. The van der Waals surface area contributed by atoms with E-state index in [4.69, 9.17) is 4.74 Å². The van der Waals surface area contributed by atoms with Gasteiger partial charge in [-0.3, -0.25) is 4.79 Å². The highest BCUT2D eigenvalue weighted by Crippen LogP contribution is 2.37. The van der Waals surface area contributed by atoms with Crippen molar-refractivity contribution in [2.45, 2.75) is 52.1 Å². The predicted octanol–water partition coefficient (Wildman–Crippen LogP) is 4.52. The van der Waals surface area contributed by atoms with E-state index in [1.165, 1.54) is 30.4 Å². The molecular formula is C21H21FN2O3S. The van der Waals surface area contributed by atoms with Crippen molar-refractivity contribution in [1.82, 2.24) is 0 Å². The summed E-state index contributed by atoms with van der Waals surface area (Å²) < 4.78 is 18.8. The molecule has 0 saturated heterocycles. The number of aryl methyl sites for hydroxylation is 2. The van der Waals surface area contributed by atoms with Gasteiger partial charge < -0.3 is 10.1 Å². The maximum Gasteiger partial charge on any atom is 0.339 e. The van der Waals surface area contributed by atoms with Crippen LogP contribution < -0.4 is 5.32 Å². The largest absolute Gasteiger partial charge is 0.449 e. The fraction of sp³-hybridized carbons (Fsp3) is 0.381. The van der Waals surface area contributed by atoms with Gasteiger partial charge in [0.1, 0.15) is 16.9 Å². The van der Waals surface area contributed by atoms with Gasteiger partial charge in [0.05, 0.1) is 11.1 Å². The molecule has 1 atom stereocenters. The minimum atomic E-state index is -1.08. The van der Waals surface area contributed by atoms with E-state index in [1.54, 1.807) is 6.92 Å². The number of thiophene rings is 1. The quantitative estimate of drug-likeness (QED) is 0.604. The van der Waals surface area contributed by atoms with Crippen molar-refractivity contribution < 1.29 is 18.7 Å². The van der Waals surface area contributed by atoms with Crippen molar-refractivity contribution in [2.75, 3.05) is 5.32 Å². The number of carbonyl (C=O) groups excluding carboxylic acids is 2. The second kappa shape index (κ2) is 8.53. The van der Waals surface area contributed by atoms with E-state index in [-0.39, 0.29) is 5.56 Å². The highest BCUT2D eigenvalue weighted by Gasteiger charge is 2.24. The maximum absolute atomic E-state index is 13.6. The van der Waals surface area contributed by atoms with Gasteiger partial charge in [-0.1, -0.05) is 12.5 Å². The van der Waals surface area contributed by atoms with Crippen LogP contribution in [0.2, 0.25) is 0 Å². The first-order valence-electron chi connectivity index (χ1n) is 9.23. The minimum absolute atomic E-state index is 0.0447. The smallest absolute Gasteiger partial charge is 0.339 e. The van der Waals surface area contributed by atoms with E-state index in [0.29, 0.717) is 16.1 Å². The van der Waals surface area contributed by atoms with E-state index in [0.717, 1.165) is 48.6 Å². The predicted molar refractivity (Wildman–Crippen MR) is 105 cm³/mol. The number of esters is 1. The number of nitrogens with one attached hydrogen (secondary N) is 1. The number of hydrogen-bond acceptors (Lipinski definition) is 5. The van der Waals surface area contributed by atoms with Crippen LogP contribution in [0.3, 0.4) is 0 Å². The maximum atomic E-state index is 13.6. The summed E-state index contributed by atoms with van der Waals surface area (Å²) in [6, 6.07) is 6.22. The number of carbonyl (C=O) groups is 2. The number of nitriles is 1. The van der Waals surface area contributed by atoms with Gasteiger partial charge in [-0.05, 0) is 62.8 Å². The second-order valence-corrected chi connectivity index (χ2v) is 7.99. The first-order chi connectivity index (χ1) is 13.4. The molecule has 0 bridgehead atoms. The lowest BCUT2D eigenvalue weighted by Crippen LogP contribution is -2.30. The Morgan fingerprint density at radius 2 is 2.04 bits per heavy atom. The summed E-state index contributed by atoms with van der Waals surface area (Å²) in [6.45, 7) is 3.04. The van der Waals surface area contributed by atoms with E-state index in [9.17, 15) is 19.2 Å². The number of amides is 1. The standard InChI is InChI=1S/C21H21FN2O3S/c1-12-8-9-14(10-17(12)22)21(26)27-13(2)19(25)24-20-16(11-23)15-6-4-3-5-7-18(15)28-20/h8-10,13H,3-7H2,1-2H3,(H,24,25). The number of nitrogens with zero attached hydrogens (tertiary/aromatic N) is 1. The highest BCUT2D eigenvalue weighted by molar-refractivity contribution is 7.16. The Labute approximate surface area is 167 Å². The fourth-order valence-corrected chi connectivity index (χ4v) is 4.41. The Balaban J connectivity index is 1.70. The molecule has 1 unspecified atom stereocenters. The molecule has 3 rings (SSSR count). The van der Waals surface area contributed by atoms with E-state index in [2.05, 4.69) is 11.4 Å². The Hall–Kier alpha value is -2.72. The first-order valence-corrected chi connectivity index (χ1v) is 10.0. The van der Waals surface area contributed by atoms with Crippen molar-refractivity contribution >= 4 is 28.2 Å². The van der Waals surface area contributed by atoms with Crippen LogP contribution in [0.1, 0.15) is 58.1 Å². The molecule has 1 aliphatic carbocycles. The zero-order valence-electron chi connectivity index (χ0n) is 15.8. The van der Waals surface area contributed by atoms with Gasteiger partial charge in [-0.25, -0.2) is 9.18 Å². The highest BCUT2D eigenvalue weighted by atomic mass is 32.1. The topological polar surface area (TPSA) is 79.2 Å². The van der Waals surface area contributed by atoms with E-state index >= 15 is 0 Å². The first kappa shape index (κ1) is 20.0. The number of halogens is 1. The average molecular weight is 400 g/mol. The van der Waals surface area contributed by atoms with Crippen LogP contribution in [-0.4, -0.2) is 18.0 Å². The normalized spacial score (nSPS) is 14.4. The van der Waals surface area contributed by atoms with E-state index in [1.807, 2.05) is 0 Å². The van der Waals surface area contributed by atoms with Gasteiger partial charge in [0.2, 0.25) is 0 Å². The molecule has 1 aliphatic rings. The van der Waals surface area contributed by atoms with Crippen LogP contribution in [0.25, 0.3) is 0 Å². The third-order valence-electron chi connectivity index (χ3n) is 4.83. The van der Waals surface area contributed by atoms with Crippen molar-refractivity contribution in [3.05, 3.63) is 51.1 Å². The zero-order valence-corrected chi connectivity index (χ0v) is 16.6. The number of anilines is 1. The second-order valence-electron chi connectivity index (χ2n) is 6.88. The van der Waals surface area contributed by atoms with Crippen LogP contribution in [-0.2, 0) is 22.4 Å². The monoisotopic (exact) mass is 400 g/mol. The molecular weight excluding hydrogens is 379 g/mol. The fourth-order valence-electron chi connectivity index (χ4n) is 3.16. The zero-order chi connectivity index (χ0) is 20.3. The van der Waals surface area contributed by atoms with Gasteiger partial charge in [-0.2, -0.15) is 5.26 Å². The van der Waals surface area contributed by atoms with Gasteiger partial charge in [0.25, 0.3) is 5.91 Å². The molecule has 1 amide bonds. The van der Waals surface area contributed by atoms with Gasteiger partial charge >= 0.3 is 5.97 Å². The number of rotatable bonds is 4. The minimum Gasteiger partial charge on any atom is -0.449 e. The average Bonchev–Trinajstić information content (AvgIpc) is 2.83. The van der Waals surface area contributed by atoms with Crippen molar-refractivity contribution in [1.29, 1.82) is 5.26 Å². The number of fused-ring (bicyclic) bond motifs is 1. The van der Waals surface area contributed by atoms with Crippen molar-refractivity contribution in [2.24, 2.45) is 0 Å². The molecule has 2 aromatic rings. The molecule has 1 N–H and O–H groups in total. The van der Waals surface area contributed by atoms with E-state index < -0.39 is 23.8 Å². The molecule has 0 radical (unpaired) electrons. The van der Waals surface area contributed by atoms with Gasteiger partial charge in [-0.15, -0.1) is 11.3 Å². The summed E-state index contributed by atoms with van der Waals surface area (Å²) in [6.07, 6.45) is 3.92. The molecule has 146 valence electrons. The Bertz CT molecular complexity index is 961. The van der Waals surface area contributed by atoms with Crippen molar-refractivity contribution in [3.8, 4) is 6.07 Å². The summed E-state index contributed by atoms with van der Waals surface area (Å²) in [5.41, 5.74) is 2.00. The summed E-state index contributed by atoms with van der Waals surface area (Å²) in [5.74, 6) is -1.80. The van der Waals surface area contributed by atoms with Crippen LogP contribution in [0.5, 0.6) is 0 Å². The third kappa shape index (κ3) is 4.23. The molecule has 28 heavy (non-hydrogen) atoms. The van der Waals surface area contributed by atoms with Gasteiger partial charge in [0.15, 0.2) is 6.10 Å². The Morgan fingerprint density at radius 3 is 2.75 bits per heavy atom. The van der Waals surface area contributed by atoms with Gasteiger partial charge in [0, 0.05) is 4.88 Å². The lowest BCUT2D eigenvalue weighted by Gasteiger charge is -2.13. The Morgan fingerprint density at radius 1 is 1.29 bits per heavy atom. The van der Waals surface area contributed by atoms with Crippen LogP contribution in [0.4, 0.5) is 9.39 Å². The molecule has 1 heterocycles. The molecule has 1 aromatic carbocycles. The summed E-state index contributed by atoms with van der Waals surface area (Å²) in [5, 5.41) is 12.8. The van der Waals surface area contributed by atoms with Crippen LogP contribution in [0, 0.1) is 24.1 Å². The molecule has 0 fully saturated rings. The molecule has 0 saturated carbocycles. The van der Waals surface area contributed by atoms with Crippen LogP contribution >= 0.6 is 11.3 Å². The number of benzene rings is 1. The summed E-state index contributed by atoms with van der Waals surface area (Å²) in [4.78, 5) is 25.8. The lowest BCUT2D eigenvalue weighted by atomic mass is 10.1. The lowest BCUT2D eigenvalue weighted by molar-refractivity contribution is -0.123. The number of ether oxygens (including phenoxy) is 1. The molecule has 0 aliphatic heterocycles. The molecule has 7 heteroatoms. The molecule has 0 spiro atoms. The summed E-state index contributed by atoms with van der Waals surface area (Å²) in [7, 11) is 0. The Kier molecular flexibility index (Phi) is 6.10. The number of hydrogen-bond donors (Lipinski definition) is 1. The molecule has 1 aromatic heterocycles. The molecule has 5 nitrogen and oxygen atoms in total. The van der Waals surface area contributed by atoms with Crippen molar-refractivity contribution in [3.63, 3.8) is 0 Å². The van der Waals surface area contributed by atoms with Crippen LogP contribution in [0.15, 0.2) is 18.2 Å². The third-order valence-corrected chi connectivity index (χ3v) is 6.04.